The van der Waals surface area contributed by atoms with Gasteiger partial charge in [0.25, 0.3) is 0 Å². The maximum absolute atomic E-state index is 12.6. The van der Waals surface area contributed by atoms with E-state index in [-0.39, 0.29) is 13.0 Å². The molecule has 9 heteroatoms. The molecule has 0 aliphatic carbocycles. The topological polar surface area (TPSA) is 115 Å². The van der Waals surface area contributed by atoms with Gasteiger partial charge in [-0.1, -0.05) is 73.6 Å². The van der Waals surface area contributed by atoms with Crippen molar-refractivity contribution in [3.05, 3.63) is 89.7 Å². The minimum Gasteiger partial charge on any atom is -0.460 e. The lowest BCUT2D eigenvalue weighted by atomic mass is 9.97. The van der Waals surface area contributed by atoms with E-state index in [2.05, 4.69) is 10.1 Å². The number of hydrogen-bond donors (Lipinski definition) is 1. The van der Waals surface area contributed by atoms with Crippen molar-refractivity contribution in [3.8, 4) is 11.1 Å². The van der Waals surface area contributed by atoms with Crippen LogP contribution in [0.3, 0.4) is 0 Å². The first-order valence-corrected chi connectivity index (χ1v) is 14.9. The molecule has 1 aliphatic heterocycles. The van der Waals surface area contributed by atoms with Crippen LogP contribution >= 0.6 is 0 Å². The number of aliphatic hydroxyl groups is 1. The fraction of sp³-hybridized carbons (Fsp3) is 0.367. The van der Waals surface area contributed by atoms with Crippen molar-refractivity contribution < 1.29 is 27.9 Å². The molecule has 1 aromatic heterocycles. The number of pyridine rings is 1. The lowest BCUT2D eigenvalue weighted by Crippen LogP contribution is -2.35. The normalized spacial score (nSPS) is 15.8. The molecule has 39 heavy (non-hydrogen) atoms. The number of sulfone groups is 1. The summed E-state index contributed by atoms with van der Waals surface area (Å²) in [7, 11) is -3.72. The minimum absolute atomic E-state index is 0.0000863. The van der Waals surface area contributed by atoms with Crippen molar-refractivity contribution >= 4 is 21.5 Å². The highest BCUT2D eigenvalue weighted by Crippen LogP contribution is 2.27. The Labute approximate surface area is 230 Å². The molecule has 1 N–H and O–H groups in total. The zero-order valence-corrected chi connectivity index (χ0v) is 23.8. The van der Waals surface area contributed by atoms with Crippen LogP contribution in [0.15, 0.2) is 78.1 Å². The number of carbonyl (C=O) groups is 1. The highest BCUT2D eigenvalue weighted by Gasteiger charge is 2.36. The van der Waals surface area contributed by atoms with Gasteiger partial charge in [-0.15, -0.1) is 0 Å². The molecule has 2 aromatic carbocycles. The number of esters is 1. The molecule has 0 amide bonds. The molecule has 8 nitrogen and oxygen atoms in total. The van der Waals surface area contributed by atoms with Crippen LogP contribution in [0.1, 0.15) is 57.4 Å². The second kappa shape index (κ2) is 13.0. The Balaban J connectivity index is 0.00000205. The largest absolute Gasteiger partial charge is 0.460 e. The van der Waals surface area contributed by atoms with E-state index < -0.39 is 32.8 Å². The van der Waals surface area contributed by atoms with Crippen LogP contribution in [0.4, 0.5) is 0 Å². The smallest absolute Gasteiger partial charge is 0.324 e. The van der Waals surface area contributed by atoms with Gasteiger partial charge in [-0.3, -0.25) is 9.78 Å². The van der Waals surface area contributed by atoms with Gasteiger partial charge in [-0.05, 0) is 48.2 Å². The second-order valence-corrected chi connectivity index (χ2v) is 11.9. The number of oxime groups is 1. The molecular weight excluding hydrogens is 516 g/mol. The highest BCUT2D eigenvalue weighted by molar-refractivity contribution is 7.92. The van der Waals surface area contributed by atoms with Gasteiger partial charge in [-0.25, -0.2) is 8.42 Å². The predicted molar refractivity (Wildman–Crippen MR) is 152 cm³/mol. The van der Waals surface area contributed by atoms with E-state index in [4.69, 9.17) is 9.57 Å². The average molecular weight is 553 g/mol. The minimum atomic E-state index is -3.72. The van der Waals surface area contributed by atoms with Crippen molar-refractivity contribution in [3.63, 3.8) is 0 Å². The van der Waals surface area contributed by atoms with Gasteiger partial charge >= 0.3 is 5.97 Å². The van der Waals surface area contributed by atoms with Crippen molar-refractivity contribution in [2.45, 2.75) is 64.1 Å². The lowest BCUT2D eigenvalue weighted by Gasteiger charge is -2.17. The van der Waals surface area contributed by atoms with Gasteiger partial charge in [0, 0.05) is 25.3 Å². The van der Waals surface area contributed by atoms with Crippen LogP contribution in [0, 0.1) is 0 Å². The molecule has 0 radical (unpaired) electrons. The molecule has 0 saturated heterocycles. The summed E-state index contributed by atoms with van der Waals surface area (Å²) in [5.41, 5.74) is 3.69. The van der Waals surface area contributed by atoms with Gasteiger partial charge < -0.3 is 14.7 Å². The van der Waals surface area contributed by atoms with Crippen LogP contribution in [0.25, 0.3) is 11.1 Å². The molecular formula is C30H36N2O6S. The summed E-state index contributed by atoms with van der Waals surface area (Å²) in [5, 5.41) is 13.1. The Morgan fingerprint density at radius 1 is 1.05 bits per heavy atom. The quantitative estimate of drug-likeness (QED) is 0.370. The molecule has 0 spiro atoms. The van der Waals surface area contributed by atoms with Crippen molar-refractivity contribution in [2.75, 3.05) is 6.26 Å². The third-order valence-corrected chi connectivity index (χ3v) is 7.57. The molecule has 208 valence electrons. The second-order valence-electron chi connectivity index (χ2n) is 9.68. The molecule has 1 aliphatic rings. The summed E-state index contributed by atoms with van der Waals surface area (Å²) in [6.07, 6.45) is 2.45. The fourth-order valence-corrected chi connectivity index (χ4v) is 5.01. The zero-order valence-electron chi connectivity index (χ0n) is 23.0. The number of nitrogens with zero attached hydrogens (tertiary/aromatic N) is 2. The first-order valence-electron chi connectivity index (χ1n) is 12.9. The van der Waals surface area contributed by atoms with Gasteiger partial charge in [0.15, 0.2) is 15.1 Å². The maximum Gasteiger partial charge on any atom is 0.324 e. The summed E-state index contributed by atoms with van der Waals surface area (Å²) in [6, 6.07) is 20.5. The van der Waals surface area contributed by atoms with Crippen LogP contribution in [-0.2, 0) is 36.4 Å². The number of hydrogen-bond acceptors (Lipinski definition) is 8. The number of carbonyl (C=O) groups excluding carboxylic acids is 1. The molecule has 2 atom stereocenters. The molecule has 0 saturated carbocycles. The standard InChI is InChI=1S/C28H30N2O6S.C2H6/c1-28(2,32)26-15-22(13-14-29-26)20-9-11-21(12-10-20)24-16-23(36-30-24)17-25(37(3,33)34)27(31)35-18-19-7-5-4-6-8-19;1-2/h4-15,23,25,32H,16-18H2,1-3H3;1-2H3. The van der Waals surface area contributed by atoms with Crippen LogP contribution in [0.5, 0.6) is 0 Å². The average Bonchev–Trinajstić information content (AvgIpc) is 3.40. The van der Waals surface area contributed by atoms with Crippen molar-refractivity contribution in [1.82, 2.24) is 4.98 Å². The molecule has 4 rings (SSSR count). The molecule has 2 unspecified atom stereocenters. The van der Waals surface area contributed by atoms with Crippen molar-refractivity contribution in [2.24, 2.45) is 5.16 Å². The van der Waals surface area contributed by atoms with Gasteiger partial charge in [-0.2, -0.15) is 0 Å². The Bertz CT molecular complexity index is 1380. The number of rotatable bonds is 9. The van der Waals surface area contributed by atoms with E-state index in [0.717, 1.165) is 28.5 Å². The number of benzene rings is 2. The monoisotopic (exact) mass is 552 g/mol. The summed E-state index contributed by atoms with van der Waals surface area (Å²) >= 11 is 0. The van der Waals surface area contributed by atoms with Crippen LogP contribution in [0.2, 0.25) is 0 Å². The highest BCUT2D eigenvalue weighted by atomic mass is 32.2. The predicted octanol–water partition coefficient (Wildman–Crippen LogP) is 5.04. The van der Waals surface area contributed by atoms with Crippen LogP contribution in [-0.4, -0.2) is 47.8 Å². The van der Waals surface area contributed by atoms with E-state index in [0.29, 0.717) is 17.8 Å². The third kappa shape index (κ3) is 8.21. The number of ether oxygens (including phenoxy) is 1. The Hall–Kier alpha value is -3.56. The molecule has 2 heterocycles. The molecule has 0 fully saturated rings. The lowest BCUT2D eigenvalue weighted by molar-refractivity contribution is -0.145. The van der Waals surface area contributed by atoms with E-state index >= 15 is 0 Å². The third-order valence-electron chi connectivity index (χ3n) is 6.15. The first-order chi connectivity index (χ1) is 18.5. The summed E-state index contributed by atoms with van der Waals surface area (Å²) in [6.45, 7) is 7.38. The fourth-order valence-electron chi connectivity index (χ4n) is 4.03. The SMILES string of the molecule is CC.CC(C)(O)c1cc(-c2ccc(C3=NOC(CC(C(=O)OCc4ccccc4)S(C)(=O)=O)C3)cc2)ccn1. The summed E-state index contributed by atoms with van der Waals surface area (Å²) in [5.74, 6) is -0.796. The summed E-state index contributed by atoms with van der Waals surface area (Å²) in [4.78, 5) is 22.4. The Morgan fingerprint density at radius 3 is 2.31 bits per heavy atom. The summed E-state index contributed by atoms with van der Waals surface area (Å²) < 4.78 is 30.0. The van der Waals surface area contributed by atoms with Crippen molar-refractivity contribution in [1.29, 1.82) is 0 Å². The van der Waals surface area contributed by atoms with E-state index in [9.17, 15) is 18.3 Å². The van der Waals surface area contributed by atoms with Gasteiger partial charge in [0.2, 0.25) is 0 Å². The molecule has 3 aromatic rings. The molecule has 0 bridgehead atoms. The Kier molecular flexibility index (Phi) is 9.99. The maximum atomic E-state index is 12.6. The van der Waals surface area contributed by atoms with Gasteiger partial charge in [0.1, 0.15) is 18.3 Å². The zero-order chi connectivity index (χ0) is 28.6. The van der Waals surface area contributed by atoms with E-state index in [1.165, 1.54) is 0 Å². The van der Waals surface area contributed by atoms with Gasteiger partial charge in [0.05, 0.1) is 11.4 Å². The van der Waals surface area contributed by atoms with E-state index in [1.54, 1.807) is 32.2 Å². The van der Waals surface area contributed by atoms with Crippen LogP contribution < -0.4 is 0 Å². The number of aromatic nitrogens is 1. The first kappa shape index (κ1) is 30.0. The Morgan fingerprint density at radius 2 is 1.69 bits per heavy atom. The van der Waals surface area contributed by atoms with E-state index in [1.807, 2.05) is 68.4 Å².